The number of carbonyl (C=O) groups excluding carboxylic acids is 3. The highest BCUT2D eigenvalue weighted by Crippen LogP contribution is 1.78. The number of rotatable bonds is 4. The van der Waals surface area contributed by atoms with Crippen LogP contribution in [0.4, 0.5) is 4.79 Å². The third-order valence-electron chi connectivity index (χ3n) is 1.01. The fraction of sp³-hybridized carbons (Fsp3) is 0.400. The molecule has 0 heterocycles. The highest BCUT2D eigenvalue weighted by molar-refractivity contribution is 5.86. The van der Waals surface area contributed by atoms with Gasteiger partial charge in [0.2, 0.25) is 6.41 Å². The molecular formula is C5H10N4O3. The predicted octanol–water partition coefficient (Wildman–Crippen LogP) is -2.18. The Morgan fingerprint density at radius 2 is 2.08 bits per heavy atom. The van der Waals surface area contributed by atoms with Crippen molar-refractivity contribution in [2.45, 2.75) is 13.0 Å². The third-order valence-corrected chi connectivity index (χ3v) is 1.01. The Morgan fingerprint density at radius 1 is 1.50 bits per heavy atom. The van der Waals surface area contributed by atoms with Gasteiger partial charge in [0.1, 0.15) is 6.04 Å². The van der Waals surface area contributed by atoms with E-state index in [1.54, 1.807) is 0 Å². The van der Waals surface area contributed by atoms with Crippen LogP contribution in [0.1, 0.15) is 6.92 Å². The third kappa shape index (κ3) is 4.09. The van der Waals surface area contributed by atoms with Gasteiger partial charge in [-0.15, -0.1) is 0 Å². The van der Waals surface area contributed by atoms with E-state index in [0.717, 1.165) is 0 Å². The highest BCUT2D eigenvalue weighted by Gasteiger charge is 2.12. The van der Waals surface area contributed by atoms with Gasteiger partial charge in [0.25, 0.3) is 5.91 Å². The average Bonchev–Trinajstić information content (AvgIpc) is 1.98. The number of urea groups is 1. The summed E-state index contributed by atoms with van der Waals surface area (Å²) in [7, 11) is 0. The second-order valence-electron chi connectivity index (χ2n) is 1.98. The van der Waals surface area contributed by atoms with Gasteiger partial charge >= 0.3 is 6.03 Å². The fourth-order valence-electron chi connectivity index (χ4n) is 0.488. The summed E-state index contributed by atoms with van der Waals surface area (Å²) in [6.07, 6.45) is 0.300. The molecule has 7 heteroatoms. The van der Waals surface area contributed by atoms with Crippen LogP contribution >= 0.6 is 0 Å². The van der Waals surface area contributed by atoms with Gasteiger partial charge in [-0.1, -0.05) is 0 Å². The van der Waals surface area contributed by atoms with Gasteiger partial charge in [-0.2, -0.15) is 0 Å². The quantitative estimate of drug-likeness (QED) is 0.287. The van der Waals surface area contributed by atoms with E-state index < -0.39 is 18.0 Å². The predicted molar refractivity (Wildman–Crippen MR) is 39.5 cm³/mol. The van der Waals surface area contributed by atoms with Crippen LogP contribution in [0.3, 0.4) is 0 Å². The number of hydrogen-bond donors (Lipinski definition) is 4. The van der Waals surface area contributed by atoms with Crippen molar-refractivity contribution < 1.29 is 14.4 Å². The van der Waals surface area contributed by atoms with E-state index in [-0.39, 0.29) is 0 Å². The van der Waals surface area contributed by atoms with Crippen molar-refractivity contribution in [2.24, 2.45) is 5.73 Å². The maximum atomic E-state index is 10.8. The van der Waals surface area contributed by atoms with E-state index in [4.69, 9.17) is 5.73 Å². The van der Waals surface area contributed by atoms with Crippen LogP contribution in [0.5, 0.6) is 0 Å². The van der Waals surface area contributed by atoms with Crippen LogP contribution in [-0.2, 0) is 9.59 Å². The Hall–Kier alpha value is -1.79. The summed E-state index contributed by atoms with van der Waals surface area (Å²) in [6.45, 7) is 1.42. The average molecular weight is 174 g/mol. The zero-order valence-corrected chi connectivity index (χ0v) is 6.46. The van der Waals surface area contributed by atoms with E-state index in [1.165, 1.54) is 6.92 Å². The molecule has 0 aliphatic rings. The summed E-state index contributed by atoms with van der Waals surface area (Å²) < 4.78 is 0. The fourth-order valence-corrected chi connectivity index (χ4v) is 0.488. The SMILES string of the molecule is CC(NC(N)=O)C(=O)NNC=O. The second kappa shape index (κ2) is 4.94. The van der Waals surface area contributed by atoms with Gasteiger partial charge in [-0.25, -0.2) is 4.79 Å². The van der Waals surface area contributed by atoms with Gasteiger partial charge < -0.3 is 11.1 Å². The Labute approximate surface area is 68.6 Å². The highest BCUT2D eigenvalue weighted by atomic mass is 16.2. The van der Waals surface area contributed by atoms with Gasteiger partial charge in [0, 0.05) is 0 Å². The van der Waals surface area contributed by atoms with Crippen molar-refractivity contribution in [1.82, 2.24) is 16.2 Å². The molecule has 68 valence electrons. The first kappa shape index (κ1) is 10.2. The Morgan fingerprint density at radius 3 is 2.50 bits per heavy atom. The summed E-state index contributed by atoms with van der Waals surface area (Å²) >= 11 is 0. The minimum atomic E-state index is -0.802. The molecule has 0 fully saturated rings. The van der Waals surface area contributed by atoms with Crippen LogP contribution in [0.2, 0.25) is 0 Å². The minimum Gasteiger partial charge on any atom is -0.352 e. The van der Waals surface area contributed by atoms with Crippen molar-refractivity contribution in [1.29, 1.82) is 0 Å². The van der Waals surface area contributed by atoms with E-state index in [1.807, 2.05) is 10.9 Å². The molecule has 12 heavy (non-hydrogen) atoms. The minimum absolute atomic E-state index is 0.300. The standard InChI is InChI=1S/C5H10N4O3/c1-3(8-5(6)12)4(11)9-7-2-10/h2-3H,1H3,(H,7,10)(H,9,11)(H3,6,8,12). The number of primary amides is 1. The number of hydrogen-bond acceptors (Lipinski definition) is 3. The molecule has 0 aromatic carbocycles. The molecular weight excluding hydrogens is 164 g/mol. The molecule has 0 spiro atoms. The smallest absolute Gasteiger partial charge is 0.312 e. The first-order valence-corrected chi connectivity index (χ1v) is 3.13. The number of hydrazine groups is 1. The van der Waals surface area contributed by atoms with Crippen molar-refractivity contribution in [2.75, 3.05) is 0 Å². The molecule has 5 N–H and O–H groups in total. The summed E-state index contributed by atoms with van der Waals surface area (Å²) in [5.41, 5.74) is 8.68. The monoisotopic (exact) mass is 174 g/mol. The van der Waals surface area contributed by atoms with Crippen LogP contribution in [0.15, 0.2) is 0 Å². The Kier molecular flexibility index (Phi) is 4.20. The zero-order valence-electron chi connectivity index (χ0n) is 6.46. The molecule has 1 unspecified atom stereocenters. The van der Waals surface area contributed by atoms with Crippen LogP contribution < -0.4 is 21.9 Å². The maximum absolute atomic E-state index is 10.8. The Balaban J connectivity index is 3.76. The summed E-state index contributed by atoms with van der Waals surface area (Å²) in [6, 6.07) is -1.58. The van der Waals surface area contributed by atoms with E-state index in [2.05, 4.69) is 5.32 Å². The molecule has 0 aliphatic carbocycles. The van der Waals surface area contributed by atoms with Crippen LogP contribution in [0, 0.1) is 0 Å². The topological polar surface area (TPSA) is 113 Å². The lowest BCUT2D eigenvalue weighted by atomic mass is 10.3. The van der Waals surface area contributed by atoms with Crippen molar-refractivity contribution in [3.05, 3.63) is 0 Å². The van der Waals surface area contributed by atoms with Crippen molar-refractivity contribution >= 4 is 18.3 Å². The van der Waals surface area contributed by atoms with Gasteiger partial charge in [-0.05, 0) is 6.92 Å². The van der Waals surface area contributed by atoms with Gasteiger partial charge in [0.15, 0.2) is 0 Å². The molecule has 1 atom stereocenters. The van der Waals surface area contributed by atoms with Crippen LogP contribution in [0.25, 0.3) is 0 Å². The lowest BCUT2D eigenvalue weighted by Gasteiger charge is -2.10. The molecule has 0 bridgehead atoms. The lowest BCUT2D eigenvalue weighted by Crippen LogP contribution is -2.50. The molecule has 0 radical (unpaired) electrons. The Bertz CT molecular complexity index is 193. The van der Waals surface area contributed by atoms with Crippen LogP contribution in [-0.4, -0.2) is 24.4 Å². The molecule has 7 nitrogen and oxygen atoms in total. The molecule has 0 aromatic rings. The normalized spacial score (nSPS) is 11.1. The number of nitrogens with two attached hydrogens (primary N) is 1. The maximum Gasteiger partial charge on any atom is 0.312 e. The van der Waals surface area contributed by atoms with Gasteiger partial charge in [-0.3, -0.25) is 20.4 Å². The van der Waals surface area contributed by atoms with Crippen molar-refractivity contribution in [3.63, 3.8) is 0 Å². The van der Waals surface area contributed by atoms with Gasteiger partial charge in [0.05, 0.1) is 0 Å². The summed E-state index contributed by atoms with van der Waals surface area (Å²) in [5, 5.41) is 2.12. The zero-order chi connectivity index (χ0) is 9.56. The van der Waals surface area contributed by atoms with Crippen molar-refractivity contribution in [3.8, 4) is 0 Å². The molecule has 0 saturated carbocycles. The molecule has 0 aliphatic heterocycles. The number of nitrogens with one attached hydrogen (secondary N) is 3. The second-order valence-corrected chi connectivity index (χ2v) is 1.98. The molecule has 0 rings (SSSR count). The van der Waals surface area contributed by atoms with E-state index in [9.17, 15) is 14.4 Å². The number of amides is 4. The lowest BCUT2D eigenvalue weighted by molar-refractivity contribution is -0.125. The van der Waals surface area contributed by atoms with E-state index in [0.29, 0.717) is 6.41 Å². The first-order chi connectivity index (χ1) is 5.57. The van der Waals surface area contributed by atoms with E-state index >= 15 is 0 Å². The molecule has 4 amide bonds. The largest absolute Gasteiger partial charge is 0.352 e. The summed E-state index contributed by atoms with van der Waals surface area (Å²) in [4.78, 5) is 30.8. The first-order valence-electron chi connectivity index (χ1n) is 3.13. The summed E-state index contributed by atoms with van der Waals surface area (Å²) in [5.74, 6) is -0.555. The number of carbonyl (C=O) groups is 3. The molecule has 0 saturated heterocycles. The molecule has 0 aromatic heterocycles.